The largest absolute Gasteiger partial charge is 0.460 e. The van der Waals surface area contributed by atoms with E-state index in [1.54, 1.807) is 35.1 Å². The monoisotopic (exact) mass is 907 g/mol. The van der Waals surface area contributed by atoms with E-state index in [-0.39, 0.29) is 0 Å². The zero-order valence-corrected chi connectivity index (χ0v) is 36.6. The average molecular weight is 908 g/mol. The molecule has 6 aromatic carbocycles. The Hall–Kier alpha value is -6.45. The fourth-order valence-electron chi connectivity index (χ4n) is 6.89. The third-order valence-electron chi connectivity index (χ3n) is 9.67. The van der Waals surface area contributed by atoms with Crippen molar-refractivity contribution in [3.63, 3.8) is 0 Å². The van der Waals surface area contributed by atoms with Crippen LogP contribution in [0.5, 0.6) is 34.5 Å². The lowest BCUT2D eigenvalue weighted by atomic mass is 10.0. The van der Waals surface area contributed by atoms with Gasteiger partial charge < -0.3 is 27.1 Å². The molecule has 0 saturated heterocycles. The first-order valence-electron chi connectivity index (χ1n) is 19.3. The van der Waals surface area contributed by atoms with Gasteiger partial charge in [-0.1, -0.05) is 111 Å². The van der Waals surface area contributed by atoms with Gasteiger partial charge >= 0.3 is 23.0 Å². The van der Waals surface area contributed by atoms with Crippen LogP contribution in [0.1, 0.15) is 11.1 Å². The molecule has 304 valence electrons. The van der Waals surface area contributed by atoms with Crippen LogP contribution in [0.25, 0.3) is 22.3 Å². The van der Waals surface area contributed by atoms with E-state index in [0.29, 0.717) is 45.6 Å². The molecule has 11 rings (SSSR count). The molecule has 2 spiro atoms. The van der Waals surface area contributed by atoms with Gasteiger partial charge in [0.1, 0.15) is 34.5 Å². The van der Waals surface area contributed by atoms with Crippen LogP contribution in [0, 0.1) is 0 Å². The third kappa shape index (κ3) is 7.59. The van der Waals surface area contributed by atoms with E-state index in [4.69, 9.17) is 50.7 Å². The second-order valence-corrected chi connectivity index (χ2v) is 21.6. The molecule has 5 heterocycles. The fraction of sp³-hybridized carbons (Fsp3) is 0. The van der Waals surface area contributed by atoms with Crippen LogP contribution >= 0.6 is 45.7 Å². The summed E-state index contributed by atoms with van der Waals surface area (Å²) in [5, 5.41) is 7.89. The number of benzene rings is 6. The summed E-state index contributed by atoms with van der Waals surface area (Å²) in [4.78, 5) is 9.49. The lowest BCUT2D eigenvalue weighted by Crippen LogP contribution is -2.11. The Morgan fingerprint density at radius 2 is 0.790 bits per heavy atom. The smallest absolute Gasteiger partial charge is 0.413 e. The Morgan fingerprint density at radius 3 is 1.19 bits per heavy atom. The summed E-state index contributed by atoms with van der Waals surface area (Å²) >= 11 is 3.13. The van der Waals surface area contributed by atoms with Gasteiger partial charge in [-0.15, -0.1) is 0 Å². The normalized spacial score (nSPS) is 17.5. The number of fused-ring (bicyclic) bond motifs is 6. The number of aliphatic imine (C=N–C) groups is 2. The minimum Gasteiger partial charge on any atom is -0.413 e. The molecule has 3 aliphatic heterocycles. The standard InChI is InChI=1S/C46H32N5O6P3S2/c1-7-19-41(33(13-1)29-47-35-25-27-61-31-35)52-58(53-42-20-8-2-14-34(42)30-48-36-26-28-62-32-36)49-59(54-43-21-9-3-15-37(43)38-16-4-10-22-44(38)55-59)51-60(50-58)56-45-23-11-5-17-39(45)40-18-6-12-24-46(40)57-60/h1-32H. The molecule has 0 fully saturated rings. The molecule has 2 aromatic heterocycles. The Bertz CT molecular complexity index is 2930. The van der Waals surface area contributed by atoms with Crippen molar-refractivity contribution < 1.29 is 27.1 Å². The van der Waals surface area contributed by atoms with Gasteiger partial charge in [-0.25, -0.2) is 0 Å². The predicted octanol–water partition coefficient (Wildman–Crippen LogP) is 15.9. The van der Waals surface area contributed by atoms with Crippen LogP contribution in [0.2, 0.25) is 0 Å². The quantitative estimate of drug-likeness (QED) is 0.111. The van der Waals surface area contributed by atoms with E-state index in [1.165, 1.54) is 0 Å². The highest BCUT2D eigenvalue weighted by Gasteiger charge is 2.51. The maximum absolute atomic E-state index is 7.24. The van der Waals surface area contributed by atoms with Gasteiger partial charge in [0.15, 0.2) is 0 Å². The highest BCUT2D eigenvalue weighted by atomic mass is 32.1. The van der Waals surface area contributed by atoms with Gasteiger partial charge in [-0.2, -0.15) is 22.7 Å². The summed E-state index contributed by atoms with van der Waals surface area (Å²) in [6, 6.07) is 49.7. The first-order chi connectivity index (χ1) is 30.5. The molecule has 0 radical (unpaired) electrons. The van der Waals surface area contributed by atoms with Crippen LogP contribution in [-0.4, -0.2) is 12.4 Å². The van der Waals surface area contributed by atoms with Crippen molar-refractivity contribution in [1.29, 1.82) is 0 Å². The van der Waals surface area contributed by atoms with E-state index in [9.17, 15) is 0 Å². The maximum atomic E-state index is 7.24. The SMILES string of the molecule is C(=Nc1ccsc1)c1ccccc1OP1(Oc2ccccc2C=Nc2ccsc2)=NP2(=NP3(=N1)Oc1ccccc1-c1ccccc1O3)Oc1ccccc1-c1ccccc1O2. The molecule has 8 aromatic rings. The number of hydrogen-bond acceptors (Lipinski definition) is 13. The van der Waals surface area contributed by atoms with E-state index >= 15 is 0 Å². The maximum Gasteiger partial charge on any atom is 0.460 e. The molecular formula is C46H32N5O6P3S2. The Balaban J connectivity index is 1.20. The number of thiophene rings is 2. The Labute approximate surface area is 365 Å². The zero-order chi connectivity index (χ0) is 41.4. The topological polar surface area (TPSA) is 117 Å². The molecule has 0 N–H and O–H groups in total. The fourth-order valence-corrected chi connectivity index (χ4v) is 17.2. The van der Waals surface area contributed by atoms with Crippen LogP contribution in [0.15, 0.2) is 203 Å². The van der Waals surface area contributed by atoms with Gasteiger partial charge in [0.05, 0.1) is 11.4 Å². The Kier molecular flexibility index (Phi) is 9.99. The lowest BCUT2D eigenvalue weighted by Gasteiger charge is -2.32. The molecule has 0 aliphatic carbocycles. The highest BCUT2D eigenvalue weighted by molar-refractivity contribution is 7.79. The molecule has 0 saturated carbocycles. The molecule has 3 aliphatic rings. The molecule has 0 amide bonds. The van der Waals surface area contributed by atoms with Crippen molar-refractivity contribution in [2.75, 3.05) is 0 Å². The van der Waals surface area contributed by atoms with Gasteiger partial charge in [0, 0.05) is 56.6 Å². The first kappa shape index (κ1) is 38.5. The molecule has 0 atom stereocenters. The summed E-state index contributed by atoms with van der Waals surface area (Å²) in [5.74, 6) is 2.77. The number of para-hydroxylation sites is 6. The van der Waals surface area contributed by atoms with E-state index < -0.39 is 23.0 Å². The van der Waals surface area contributed by atoms with Crippen molar-refractivity contribution in [3.05, 3.63) is 190 Å². The third-order valence-corrected chi connectivity index (χ3v) is 19.0. The van der Waals surface area contributed by atoms with Gasteiger partial charge in [-0.05, 0) is 71.4 Å². The minimum atomic E-state index is -4.17. The van der Waals surface area contributed by atoms with Gasteiger partial charge in [0.25, 0.3) is 0 Å². The lowest BCUT2D eigenvalue weighted by molar-refractivity contribution is 0.448. The molecule has 11 nitrogen and oxygen atoms in total. The molecular weight excluding hydrogens is 876 g/mol. The molecule has 0 bridgehead atoms. The van der Waals surface area contributed by atoms with E-state index in [0.717, 1.165) is 33.6 Å². The number of nitrogens with zero attached hydrogens (tertiary/aromatic N) is 5. The summed E-state index contributed by atoms with van der Waals surface area (Å²) in [6.45, 7) is 0. The van der Waals surface area contributed by atoms with E-state index in [2.05, 4.69) is 0 Å². The second kappa shape index (κ2) is 16.1. The first-order valence-corrected chi connectivity index (χ1v) is 25.8. The predicted molar refractivity (Wildman–Crippen MR) is 252 cm³/mol. The number of hydrogen-bond donors (Lipinski definition) is 0. The summed E-state index contributed by atoms with van der Waals surface area (Å²) in [6.07, 6.45) is 3.49. The minimum absolute atomic E-state index is 0.390. The van der Waals surface area contributed by atoms with Crippen LogP contribution < -0.4 is 27.1 Å². The van der Waals surface area contributed by atoms with Crippen molar-refractivity contribution in [3.8, 4) is 56.8 Å². The van der Waals surface area contributed by atoms with Crippen LogP contribution in [0.4, 0.5) is 11.4 Å². The molecule has 62 heavy (non-hydrogen) atoms. The van der Waals surface area contributed by atoms with Gasteiger partial charge in [0.2, 0.25) is 0 Å². The molecule has 16 heteroatoms. The summed E-state index contributed by atoms with van der Waals surface area (Å²) in [7, 11) is -12.2. The van der Waals surface area contributed by atoms with Crippen LogP contribution in [-0.2, 0) is 0 Å². The highest BCUT2D eigenvalue weighted by Crippen LogP contribution is 2.80. The van der Waals surface area contributed by atoms with Crippen molar-refractivity contribution in [1.82, 2.24) is 0 Å². The summed E-state index contributed by atoms with van der Waals surface area (Å²) in [5.41, 5.74) is 6.12. The zero-order valence-electron chi connectivity index (χ0n) is 32.3. The molecule has 0 unspecified atom stereocenters. The summed E-state index contributed by atoms with van der Waals surface area (Å²) < 4.78 is 59.0. The van der Waals surface area contributed by atoms with Crippen molar-refractivity contribution >= 4 is 69.5 Å². The van der Waals surface area contributed by atoms with E-state index in [1.807, 2.05) is 179 Å². The number of rotatable bonds is 8. The van der Waals surface area contributed by atoms with Crippen LogP contribution in [0.3, 0.4) is 0 Å². The second-order valence-electron chi connectivity index (χ2n) is 13.8. The van der Waals surface area contributed by atoms with Crippen molar-refractivity contribution in [2.24, 2.45) is 23.5 Å². The average Bonchev–Trinajstić information content (AvgIpc) is 3.98. The Morgan fingerprint density at radius 1 is 0.419 bits per heavy atom. The van der Waals surface area contributed by atoms with Crippen molar-refractivity contribution in [2.45, 2.75) is 0 Å². The van der Waals surface area contributed by atoms with Gasteiger partial charge in [-0.3, -0.25) is 9.98 Å².